The number of hydrogen-bond donors (Lipinski definition) is 1. The highest BCUT2D eigenvalue weighted by Gasteiger charge is 2.15. The van der Waals surface area contributed by atoms with E-state index in [1.54, 1.807) is 14.0 Å². The van der Waals surface area contributed by atoms with E-state index in [1.165, 1.54) is 5.56 Å². The van der Waals surface area contributed by atoms with E-state index in [0.717, 1.165) is 25.1 Å². The summed E-state index contributed by atoms with van der Waals surface area (Å²) >= 11 is 0. The van der Waals surface area contributed by atoms with Crippen LogP contribution in [0.1, 0.15) is 18.9 Å². The third-order valence-electron chi connectivity index (χ3n) is 3.15. The van der Waals surface area contributed by atoms with Gasteiger partial charge in [0, 0.05) is 0 Å². The van der Waals surface area contributed by atoms with Crippen molar-refractivity contribution in [3.8, 4) is 5.75 Å². The van der Waals surface area contributed by atoms with Crippen molar-refractivity contribution in [2.75, 3.05) is 20.7 Å². The summed E-state index contributed by atoms with van der Waals surface area (Å²) in [7, 11) is 3.49. The molecule has 0 aliphatic heterocycles. The summed E-state index contributed by atoms with van der Waals surface area (Å²) in [6, 6.07) is 7.54. The molecule has 18 heavy (non-hydrogen) atoms. The number of likely N-dealkylation sites (N-methyl/N-ethyl adjacent to an activating group) is 1. The summed E-state index contributed by atoms with van der Waals surface area (Å²) in [5, 5.41) is 8.87. The fourth-order valence-electron chi connectivity index (χ4n) is 1.71. The van der Waals surface area contributed by atoms with Crippen LogP contribution < -0.4 is 4.74 Å². The first-order chi connectivity index (χ1) is 8.54. The highest BCUT2D eigenvalue weighted by molar-refractivity contribution is 5.72. The van der Waals surface area contributed by atoms with E-state index >= 15 is 0 Å². The second-order valence-electron chi connectivity index (χ2n) is 4.45. The van der Waals surface area contributed by atoms with Crippen LogP contribution in [-0.4, -0.2) is 42.7 Å². The Labute approximate surface area is 108 Å². The molecule has 1 atom stereocenters. The predicted octanol–water partition coefficient (Wildman–Crippen LogP) is 2.03. The second kappa shape index (κ2) is 7.01. The van der Waals surface area contributed by atoms with Crippen LogP contribution in [0.25, 0.3) is 0 Å². The van der Waals surface area contributed by atoms with Crippen LogP contribution >= 0.6 is 0 Å². The highest BCUT2D eigenvalue weighted by atomic mass is 16.5. The number of methoxy groups -OCH3 is 1. The Hall–Kier alpha value is -1.55. The summed E-state index contributed by atoms with van der Waals surface area (Å²) in [6.07, 6.45) is 1.89. The van der Waals surface area contributed by atoms with Crippen LogP contribution in [0.15, 0.2) is 24.3 Å². The normalized spacial score (nSPS) is 12.4. The van der Waals surface area contributed by atoms with Gasteiger partial charge in [-0.15, -0.1) is 0 Å². The minimum absolute atomic E-state index is 0.430. The molecule has 0 aliphatic rings. The molecule has 1 aromatic carbocycles. The summed E-state index contributed by atoms with van der Waals surface area (Å²) in [5.74, 6) is 0.0808. The van der Waals surface area contributed by atoms with E-state index in [4.69, 9.17) is 9.84 Å². The molecule has 0 unspecified atom stereocenters. The molecule has 4 nitrogen and oxygen atoms in total. The Balaban J connectivity index is 2.34. The molecule has 0 saturated heterocycles. The molecule has 100 valence electrons. The van der Waals surface area contributed by atoms with Gasteiger partial charge in [-0.3, -0.25) is 9.69 Å². The van der Waals surface area contributed by atoms with Gasteiger partial charge in [-0.2, -0.15) is 0 Å². The first-order valence-electron chi connectivity index (χ1n) is 6.10. The lowest BCUT2D eigenvalue weighted by Crippen LogP contribution is -2.36. The Morgan fingerprint density at radius 1 is 1.39 bits per heavy atom. The summed E-state index contributed by atoms with van der Waals surface area (Å²) in [5.41, 5.74) is 1.24. The maximum Gasteiger partial charge on any atom is 0.320 e. The van der Waals surface area contributed by atoms with Gasteiger partial charge in [-0.05, 0) is 51.1 Å². The second-order valence-corrected chi connectivity index (χ2v) is 4.45. The van der Waals surface area contributed by atoms with E-state index in [0.29, 0.717) is 0 Å². The molecule has 1 N–H and O–H groups in total. The minimum Gasteiger partial charge on any atom is -0.497 e. The Bertz CT molecular complexity index is 375. The Morgan fingerprint density at radius 3 is 2.50 bits per heavy atom. The third kappa shape index (κ3) is 4.37. The number of rotatable bonds is 7. The number of aryl methyl sites for hydroxylation is 1. The van der Waals surface area contributed by atoms with Crippen molar-refractivity contribution < 1.29 is 14.6 Å². The van der Waals surface area contributed by atoms with Gasteiger partial charge in [-0.1, -0.05) is 12.1 Å². The van der Waals surface area contributed by atoms with Crippen molar-refractivity contribution in [2.45, 2.75) is 25.8 Å². The molecular weight excluding hydrogens is 230 g/mol. The van der Waals surface area contributed by atoms with Gasteiger partial charge in [-0.25, -0.2) is 0 Å². The molecule has 0 bridgehead atoms. The van der Waals surface area contributed by atoms with Crippen LogP contribution in [0.2, 0.25) is 0 Å². The van der Waals surface area contributed by atoms with Crippen LogP contribution in [0, 0.1) is 0 Å². The van der Waals surface area contributed by atoms with Crippen LogP contribution in [0.4, 0.5) is 0 Å². The van der Waals surface area contributed by atoms with E-state index < -0.39 is 12.0 Å². The molecule has 4 heteroatoms. The van der Waals surface area contributed by atoms with Gasteiger partial charge in [0.1, 0.15) is 11.8 Å². The lowest BCUT2D eigenvalue weighted by Gasteiger charge is -2.20. The predicted molar refractivity (Wildman–Crippen MR) is 71.0 cm³/mol. The summed E-state index contributed by atoms with van der Waals surface area (Å²) in [4.78, 5) is 12.6. The van der Waals surface area contributed by atoms with Gasteiger partial charge in [0.2, 0.25) is 0 Å². The van der Waals surface area contributed by atoms with Crippen molar-refractivity contribution in [3.05, 3.63) is 29.8 Å². The molecule has 0 aromatic heterocycles. The lowest BCUT2D eigenvalue weighted by atomic mass is 10.1. The van der Waals surface area contributed by atoms with Gasteiger partial charge in [0.15, 0.2) is 0 Å². The third-order valence-corrected chi connectivity index (χ3v) is 3.15. The lowest BCUT2D eigenvalue weighted by molar-refractivity contribution is -0.142. The molecule has 0 radical (unpaired) electrons. The highest BCUT2D eigenvalue weighted by Crippen LogP contribution is 2.12. The maximum absolute atomic E-state index is 10.8. The fraction of sp³-hybridized carbons (Fsp3) is 0.500. The van der Waals surface area contributed by atoms with Gasteiger partial charge in [0.25, 0.3) is 0 Å². The van der Waals surface area contributed by atoms with Crippen molar-refractivity contribution in [1.29, 1.82) is 0 Å². The number of nitrogens with zero attached hydrogens (tertiary/aromatic N) is 1. The van der Waals surface area contributed by atoms with Crippen molar-refractivity contribution >= 4 is 5.97 Å². The Morgan fingerprint density at radius 2 is 2.00 bits per heavy atom. The Kier molecular flexibility index (Phi) is 5.65. The average Bonchev–Trinajstić information content (AvgIpc) is 2.38. The maximum atomic E-state index is 10.8. The first-order valence-corrected chi connectivity index (χ1v) is 6.10. The molecule has 0 heterocycles. The topological polar surface area (TPSA) is 49.8 Å². The number of carboxylic acids is 1. The minimum atomic E-state index is -0.776. The van der Waals surface area contributed by atoms with Crippen molar-refractivity contribution in [2.24, 2.45) is 0 Å². The largest absolute Gasteiger partial charge is 0.497 e. The van der Waals surface area contributed by atoms with Crippen LogP contribution in [0.3, 0.4) is 0 Å². The van der Waals surface area contributed by atoms with E-state index in [9.17, 15) is 4.79 Å². The van der Waals surface area contributed by atoms with E-state index in [1.807, 2.05) is 36.2 Å². The molecule has 0 fully saturated rings. The average molecular weight is 251 g/mol. The standard InChI is InChI=1S/C14H21NO3/c1-11(14(16)17)15(2)10-4-5-12-6-8-13(18-3)9-7-12/h6-9,11H,4-5,10H2,1-3H3,(H,16,17)/t11-/m0/s1. The molecular formula is C14H21NO3. The number of hydrogen-bond acceptors (Lipinski definition) is 3. The SMILES string of the molecule is COc1ccc(CCCN(C)[C@@H](C)C(=O)O)cc1. The monoisotopic (exact) mass is 251 g/mol. The fourth-order valence-corrected chi connectivity index (χ4v) is 1.71. The number of ether oxygens (including phenoxy) is 1. The molecule has 0 amide bonds. The molecule has 1 aromatic rings. The van der Waals surface area contributed by atoms with Gasteiger partial charge >= 0.3 is 5.97 Å². The number of benzene rings is 1. The van der Waals surface area contributed by atoms with Gasteiger partial charge in [0.05, 0.1) is 7.11 Å². The summed E-state index contributed by atoms with van der Waals surface area (Å²) in [6.45, 7) is 2.48. The molecule has 0 aliphatic carbocycles. The number of aliphatic carboxylic acids is 1. The molecule has 1 rings (SSSR count). The number of carboxylic acid groups (broad SMARTS) is 1. The molecule has 0 saturated carbocycles. The van der Waals surface area contributed by atoms with Gasteiger partial charge < -0.3 is 9.84 Å². The van der Waals surface area contributed by atoms with E-state index in [2.05, 4.69) is 0 Å². The zero-order chi connectivity index (χ0) is 13.5. The van der Waals surface area contributed by atoms with Crippen molar-refractivity contribution in [1.82, 2.24) is 4.90 Å². The van der Waals surface area contributed by atoms with Crippen LogP contribution in [0.5, 0.6) is 5.75 Å². The van der Waals surface area contributed by atoms with Crippen LogP contribution in [-0.2, 0) is 11.2 Å². The zero-order valence-corrected chi connectivity index (χ0v) is 11.2. The first kappa shape index (κ1) is 14.5. The molecule has 0 spiro atoms. The zero-order valence-electron chi connectivity index (χ0n) is 11.2. The number of carbonyl (C=O) groups is 1. The van der Waals surface area contributed by atoms with E-state index in [-0.39, 0.29) is 0 Å². The smallest absolute Gasteiger partial charge is 0.320 e. The quantitative estimate of drug-likeness (QED) is 0.805. The summed E-state index contributed by atoms with van der Waals surface area (Å²) < 4.78 is 5.10. The van der Waals surface area contributed by atoms with Crippen molar-refractivity contribution in [3.63, 3.8) is 0 Å².